The second-order valence-corrected chi connectivity index (χ2v) is 6.44. The molecule has 5 nitrogen and oxygen atoms in total. The summed E-state index contributed by atoms with van der Waals surface area (Å²) in [6, 6.07) is 0.619. The molecule has 0 bridgehead atoms. The summed E-state index contributed by atoms with van der Waals surface area (Å²) in [5, 5.41) is 12.1. The first-order valence-electron chi connectivity index (χ1n) is 7.94. The van der Waals surface area contributed by atoms with Gasteiger partial charge in [0.25, 0.3) is 0 Å². The highest BCUT2D eigenvalue weighted by molar-refractivity contribution is 5.78. The summed E-state index contributed by atoms with van der Waals surface area (Å²) in [4.78, 5) is 24.8. The molecule has 0 aliphatic carbocycles. The third kappa shape index (κ3) is 8.05. The Morgan fingerprint density at radius 3 is 1.95 bits per heavy atom. The topological polar surface area (TPSA) is 69.6 Å². The van der Waals surface area contributed by atoms with Gasteiger partial charge >= 0.3 is 5.97 Å². The zero-order valence-corrected chi connectivity index (χ0v) is 14.3. The molecule has 0 heterocycles. The molecule has 0 saturated carbocycles. The standard InChI is InChI=1S/C16H32N2O3/c1-11(2)18(12(3)4)15(19)10-17-14(6)9-7-8-13(5)16(20)21/h11-14,17H,7-10H2,1-6H3,(H,20,21). The summed E-state index contributed by atoms with van der Waals surface area (Å²) < 4.78 is 0. The second kappa shape index (κ2) is 9.77. The molecular weight excluding hydrogens is 268 g/mol. The van der Waals surface area contributed by atoms with E-state index < -0.39 is 5.97 Å². The van der Waals surface area contributed by atoms with Gasteiger partial charge in [0.1, 0.15) is 0 Å². The van der Waals surface area contributed by atoms with Gasteiger partial charge in [-0.1, -0.05) is 13.3 Å². The molecule has 0 saturated heterocycles. The molecule has 0 fully saturated rings. The average molecular weight is 300 g/mol. The Bertz CT molecular complexity index is 321. The molecule has 0 aliphatic heterocycles. The molecule has 21 heavy (non-hydrogen) atoms. The predicted molar refractivity (Wildman–Crippen MR) is 85.2 cm³/mol. The molecule has 0 aliphatic rings. The maximum Gasteiger partial charge on any atom is 0.306 e. The van der Waals surface area contributed by atoms with Crippen LogP contribution in [0.1, 0.15) is 60.8 Å². The van der Waals surface area contributed by atoms with Crippen molar-refractivity contribution >= 4 is 11.9 Å². The monoisotopic (exact) mass is 300 g/mol. The minimum Gasteiger partial charge on any atom is -0.481 e. The van der Waals surface area contributed by atoms with Crippen molar-refractivity contribution in [2.24, 2.45) is 5.92 Å². The third-order valence-corrected chi connectivity index (χ3v) is 3.70. The van der Waals surface area contributed by atoms with Gasteiger partial charge in [0, 0.05) is 18.1 Å². The highest BCUT2D eigenvalue weighted by atomic mass is 16.4. The highest BCUT2D eigenvalue weighted by Crippen LogP contribution is 2.10. The molecule has 1 amide bonds. The fourth-order valence-electron chi connectivity index (χ4n) is 2.48. The summed E-state index contributed by atoms with van der Waals surface area (Å²) in [6.45, 7) is 12.2. The predicted octanol–water partition coefficient (Wildman–Crippen LogP) is 2.50. The molecular formula is C16H32N2O3. The van der Waals surface area contributed by atoms with E-state index >= 15 is 0 Å². The Kier molecular flexibility index (Phi) is 9.26. The lowest BCUT2D eigenvalue weighted by Crippen LogP contribution is -2.47. The van der Waals surface area contributed by atoms with Gasteiger partial charge in [-0.2, -0.15) is 0 Å². The van der Waals surface area contributed by atoms with Crippen LogP contribution < -0.4 is 5.32 Å². The first-order valence-corrected chi connectivity index (χ1v) is 7.94. The van der Waals surface area contributed by atoms with Gasteiger partial charge in [0.05, 0.1) is 12.5 Å². The molecule has 0 rings (SSSR count). The number of carbonyl (C=O) groups excluding carboxylic acids is 1. The van der Waals surface area contributed by atoms with Crippen LogP contribution in [0, 0.1) is 5.92 Å². The highest BCUT2D eigenvalue weighted by Gasteiger charge is 2.20. The van der Waals surface area contributed by atoms with Gasteiger partial charge in [-0.05, 0) is 47.5 Å². The van der Waals surface area contributed by atoms with Crippen molar-refractivity contribution in [3.05, 3.63) is 0 Å². The lowest BCUT2D eigenvalue weighted by atomic mass is 10.0. The maximum atomic E-state index is 12.2. The normalized spacial score (nSPS) is 14.3. The number of carbonyl (C=O) groups is 2. The molecule has 0 aromatic rings. The number of rotatable bonds is 10. The van der Waals surface area contributed by atoms with Crippen LogP contribution in [0.3, 0.4) is 0 Å². The van der Waals surface area contributed by atoms with Crippen LogP contribution in [0.5, 0.6) is 0 Å². The number of nitrogens with one attached hydrogen (secondary N) is 1. The van der Waals surface area contributed by atoms with Crippen LogP contribution in [0.4, 0.5) is 0 Å². The molecule has 0 radical (unpaired) electrons. The van der Waals surface area contributed by atoms with Crippen molar-refractivity contribution in [1.82, 2.24) is 10.2 Å². The van der Waals surface area contributed by atoms with E-state index in [4.69, 9.17) is 5.11 Å². The van der Waals surface area contributed by atoms with E-state index in [0.717, 1.165) is 12.8 Å². The molecule has 124 valence electrons. The van der Waals surface area contributed by atoms with Crippen molar-refractivity contribution in [2.75, 3.05) is 6.54 Å². The lowest BCUT2D eigenvalue weighted by molar-refractivity contribution is -0.141. The molecule has 2 atom stereocenters. The maximum absolute atomic E-state index is 12.2. The Morgan fingerprint density at radius 1 is 1.00 bits per heavy atom. The number of amides is 1. The smallest absolute Gasteiger partial charge is 0.306 e. The molecule has 5 heteroatoms. The summed E-state index contributed by atoms with van der Waals surface area (Å²) in [5.74, 6) is -0.919. The Balaban J connectivity index is 4.04. The van der Waals surface area contributed by atoms with E-state index in [1.54, 1.807) is 6.92 Å². The number of nitrogens with zero attached hydrogens (tertiary/aromatic N) is 1. The SMILES string of the molecule is CC(CCCC(C)C(=O)O)NCC(=O)N(C(C)C)C(C)C. The van der Waals surface area contributed by atoms with Crippen LogP contribution in [0.15, 0.2) is 0 Å². The number of hydrogen-bond acceptors (Lipinski definition) is 3. The minimum absolute atomic E-state index is 0.116. The van der Waals surface area contributed by atoms with Crippen LogP contribution in [-0.4, -0.2) is 46.6 Å². The zero-order valence-electron chi connectivity index (χ0n) is 14.3. The van der Waals surface area contributed by atoms with Crippen LogP contribution in [0.25, 0.3) is 0 Å². The van der Waals surface area contributed by atoms with E-state index in [2.05, 4.69) is 5.32 Å². The van der Waals surface area contributed by atoms with E-state index in [1.165, 1.54) is 0 Å². The first-order chi connectivity index (χ1) is 9.66. The molecule has 0 aromatic heterocycles. The summed E-state index contributed by atoms with van der Waals surface area (Å²) >= 11 is 0. The van der Waals surface area contributed by atoms with Crippen LogP contribution in [0.2, 0.25) is 0 Å². The first kappa shape index (κ1) is 19.9. The lowest BCUT2D eigenvalue weighted by Gasteiger charge is -2.31. The van der Waals surface area contributed by atoms with Crippen molar-refractivity contribution in [3.63, 3.8) is 0 Å². The minimum atomic E-state index is -0.740. The molecule has 0 aromatic carbocycles. The van der Waals surface area contributed by atoms with Crippen LogP contribution >= 0.6 is 0 Å². The molecule has 0 spiro atoms. The van der Waals surface area contributed by atoms with Crippen molar-refractivity contribution in [1.29, 1.82) is 0 Å². The Morgan fingerprint density at radius 2 is 1.52 bits per heavy atom. The number of carboxylic acid groups (broad SMARTS) is 1. The van der Waals surface area contributed by atoms with Gasteiger partial charge in [0.15, 0.2) is 0 Å². The summed E-state index contributed by atoms with van der Waals surface area (Å²) in [5.41, 5.74) is 0. The number of hydrogen-bond donors (Lipinski definition) is 2. The van der Waals surface area contributed by atoms with E-state index in [-0.39, 0.29) is 30.0 Å². The van der Waals surface area contributed by atoms with Crippen molar-refractivity contribution in [2.45, 2.75) is 78.9 Å². The van der Waals surface area contributed by atoms with E-state index in [0.29, 0.717) is 13.0 Å². The average Bonchev–Trinajstić information content (AvgIpc) is 2.35. The second-order valence-electron chi connectivity index (χ2n) is 6.44. The van der Waals surface area contributed by atoms with Crippen LogP contribution in [-0.2, 0) is 9.59 Å². The van der Waals surface area contributed by atoms with Gasteiger partial charge in [0.2, 0.25) is 5.91 Å². The quantitative estimate of drug-likeness (QED) is 0.650. The van der Waals surface area contributed by atoms with E-state index in [9.17, 15) is 9.59 Å². The van der Waals surface area contributed by atoms with Gasteiger partial charge in [-0.3, -0.25) is 9.59 Å². The third-order valence-electron chi connectivity index (χ3n) is 3.70. The molecule has 2 N–H and O–H groups in total. The fourth-order valence-corrected chi connectivity index (χ4v) is 2.48. The van der Waals surface area contributed by atoms with Gasteiger partial charge in [-0.25, -0.2) is 0 Å². The zero-order chi connectivity index (χ0) is 16.6. The van der Waals surface area contributed by atoms with Crippen molar-refractivity contribution in [3.8, 4) is 0 Å². The largest absolute Gasteiger partial charge is 0.481 e. The molecule has 2 unspecified atom stereocenters. The number of carboxylic acids is 1. The van der Waals surface area contributed by atoms with Gasteiger partial charge in [-0.15, -0.1) is 0 Å². The summed E-state index contributed by atoms with van der Waals surface area (Å²) in [7, 11) is 0. The fraction of sp³-hybridized carbons (Fsp3) is 0.875. The van der Waals surface area contributed by atoms with Gasteiger partial charge < -0.3 is 15.3 Å². The Labute approximate surface area is 129 Å². The van der Waals surface area contributed by atoms with Crippen molar-refractivity contribution < 1.29 is 14.7 Å². The number of aliphatic carboxylic acids is 1. The Hall–Kier alpha value is -1.10. The van der Waals surface area contributed by atoms with E-state index in [1.807, 2.05) is 39.5 Å². The summed E-state index contributed by atoms with van der Waals surface area (Å²) in [6.07, 6.45) is 2.42.